The summed E-state index contributed by atoms with van der Waals surface area (Å²) in [5.41, 5.74) is 1.11. The van der Waals surface area contributed by atoms with Gasteiger partial charge < -0.3 is 9.32 Å². The maximum Gasteiger partial charge on any atom is 0.297 e. The van der Waals surface area contributed by atoms with E-state index in [1.807, 2.05) is 43.3 Å². The third-order valence-corrected chi connectivity index (χ3v) is 9.64. The summed E-state index contributed by atoms with van der Waals surface area (Å²) in [6.45, 7) is 1.87. The van der Waals surface area contributed by atoms with Crippen LogP contribution in [0.3, 0.4) is 0 Å². The summed E-state index contributed by atoms with van der Waals surface area (Å²) in [6.07, 6.45) is 0. The first-order valence-electron chi connectivity index (χ1n) is 12.3. The van der Waals surface area contributed by atoms with Gasteiger partial charge in [-0.3, -0.25) is 19.3 Å². The molecule has 8 nitrogen and oxygen atoms in total. The Hall–Kier alpha value is -3.99. The summed E-state index contributed by atoms with van der Waals surface area (Å²) in [6, 6.07) is 19.9. The number of rotatable bonds is 4. The topological polar surface area (TPSA) is 96.6 Å². The van der Waals surface area contributed by atoms with Crippen LogP contribution in [0.2, 0.25) is 5.02 Å². The van der Waals surface area contributed by atoms with Crippen molar-refractivity contribution in [2.45, 2.75) is 22.6 Å². The van der Waals surface area contributed by atoms with Gasteiger partial charge in [0.2, 0.25) is 10.9 Å². The van der Waals surface area contributed by atoms with Crippen LogP contribution in [0.15, 0.2) is 80.3 Å². The monoisotopic (exact) mass is 586 g/mol. The van der Waals surface area contributed by atoms with Gasteiger partial charge in [0.1, 0.15) is 5.58 Å². The number of hydrogen-bond donors (Lipinski definition) is 0. The molecule has 1 unspecified atom stereocenters. The number of benzene rings is 3. The van der Waals surface area contributed by atoms with Crippen LogP contribution in [0.4, 0.5) is 10.8 Å². The van der Waals surface area contributed by atoms with Crippen molar-refractivity contribution in [1.29, 1.82) is 0 Å². The minimum absolute atomic E-state index is 0.00275. The lowest BCUT2D eigenvalue weighted by Gasteiger charge is -2.31. The van der Waals surface area contributed by atoms with E-state index >= 15 is 0 Å². The van der Waals surface area contributed by atoms with Crippen molar-refractivity contribution in [3.63, 3.8) is 0 Å². The molecule has 1 atom stereocenters. The fourth-order valence-corrected chi connectivity index (χ4v) is 7.43. The largest absolute Gasteiger partial charge is 0.450 e. The third-order valence-electron chi connectivity index (χ3n) is 7.27. The number of para-hydroxylation sites is 1. The van der Waals surface area contributed by atoms with Crippen LogP contribution in [0.25, 0.3) is 11.0 Å². The zero-order valence-corrected chi connectivity index (χ0v) is 23.6. The predicted octanol–water partition coefficient (Wildman–Crippen LogP) is 5.78. The normalized spacial score (nSPS) is 17.8. The Kier molecular flexibility index (Phi) is 5.64. The molecular weight excluding hydrogens is 568 g/mol. The van der Waals surface area contributed by atoms with Crippen molar-refractivity contribution in [3.8, 4) is 0 Å². The lowest BCUT2D eigenvalue weighted by Crippen LogP contribution is -2.53. The second-order valence-corrected chi connectivity index (χ2v) is 12.2. The van der Waals surface area contributed by atoms with E-state index in [9.17, 15) is 14.4 Å². The average molecular weight is 587 g/mol. The van der Waals surface area contributed by atoms with Crippen molar-refractivity contribution >= 4 is 68.3 Å². The van der Waals surface area contributed by atoms with Gasteiger partial charge in [-0.05, 0) is 42.8 Å². The van der Waals surface area contributed by atoms with Gasteiger partial charge in [-0.25, -0.2) is 0 Å². The molecule has 2 aromatic heterocycles. The highest BCUT2D eigenvalue weighted by Gasteiger charge is 2.66. The molecule has 0 bridgehead atoms. The van der Waals surface area contributed by atoms with Crippen LogP contribution >= 0.6 is 34.7 Å². The fraction of sp³-hybridized carbons (Fsp3) is 0.138. The van der Waals surface area contributed by atoms with Gasteiger partial charge in [-0.2, -0.15) is 0 Å². The molecule has 0 saturated carbocycles. The molecule has 7 rings (SSSR count). The first-order chi connectivity index (χ1) is 19.3. The number of fused-ring (bicyclic) bond motifs is 5. The number of nitrogens with zero attached hydrogens (tertiary/aromatic N) is 4. The number of carbonyl (C=O) groups excluding carboxylic acids is 2. The predicted molar refractivity (Wildman–Crippen MR) is 156 cm³/mol. The fourth-order valence-electron chi connectivity index (χ4n) is 5.46. The quantitative estimate of drug-likeness (QED) is 0.194. The van der Waals surface area contributed by atoms with Gasteiger partial charge >= 0.3 is 0 Å². The minimum Gasteiger partial charge on any atom is -0.450 e. The van der Waals surface area contributed by atoms with Crippen molar-refractivity contribution in [2.24, 2.45) is 0 Å². The van der Waals surface area contributed by atoms with E-state index in [0.29, 0.717) is 31.8 Å². The Morgan fingerprint density at radius 2 is 1.80 bits per heavy atom. The van der Waals surface area contributed by atoms with Gasteiger partial charge in [0, 0.05) is 29.1 Å². The number of likely N-dealkylation sites (N-methyl/N-ethyl adjacent to an activating group) is 1. The minimum atomic E-state index is -1.77. The molecular formula is C29H19ClN4O4S2. The van der Waals surface area contributed by atoms with E-state index in [1.54, 1.807) is 37.4 Å². The molecule has 4 heterocycles. The molecule has 2 amide bonds. The van der Waals surface area contributed by atoms with Gasteiger partial charge in [0.25, 0.3) is 11.8 Å². The van der Waals surface area contributed by atoms with E-state index in [4.69, 9.17) is 16.0 Å². The summed E-state index contributed by atoms with van der Waals surface area (Å²) in [7, 11) is 1.64. The summed E-state index contributed by atoms with van der Waals surface area (Å²) in [5.74, 6) is -0.602. The number of carbonyl (C=O) groups is 2. The van der Waals surface area contributed by atoms with E-state index < -0.39 is 22.8 Å². The Balaban J connectivity index is 1.42. The van der Waals surface area contributed by atoms with Gasteiger partial charge in [-0.1, -0.05) is 76.7 Å². The molecule has 0 N–H and O–H groups in total. The van der Waals surface area contributed by atoms with E-state index in [2.05, 4.69) is 10.2 Å². The highest BCUT2D eigenvalue weighted by Crippen LogP contribution is 2.54. The summed E-state index contributed by atoms with van der Waals surface area (Å²) in [5, 5.41) is 9.82. The van der Waals surface area contributed by atoms with E-state index in [1.165, 1.54) is 32.9 Å². The third kappa shape index (κ3) is 3.43. The van der Waals surface area contributed by atoms with E-state index in [-0.39, 0.29) is 22.0 Å². The molecule has 5 aromatic rings. The maximum absolute atomic E-state index is 14.3. The highest BCUT2D eigenvalue weighted by molar-refractivity contribution is 8.00. The Morgan fingerprint density at radius 1 is 1.02 bits per heavy atom. The van der Waals surface area contributed by atoms with Crippen LogP contribution in [0, 0.1) is 6.92 Å². The molecule has 0 aliphatic carbocycles. The molecule has 2 aliphatic rings. The lowest BCUT2D eigenvalue weighted by atomic mass is 9.84. The first-order valence-corrected chi connectivity index (χ1v) is 14.5. The summed E-state index contributed by atoms with van der Waals surface area (Å²) < 4.78 is 6.70. The second-order valence-electron chi connectivity index (χ2n) is 9.63. The van der Waals surface area contributed by atoms with Gasteiger partial charge in [0.15, 0.2) is 15.3 Å². The molecule has 0 saturated heterocycles. The molecule has 3 aromatic carbocycles. The number of amides is 2. The SMILES string of the molecule is Cc1ccc2oc3c(c(=O)c2c1)C1(C(=O)N(C)c2ccccc21)N(c1nnc(SCc2ccc(Cl)cc2)s1)C3=O. The summed E-state index contributed by atoms with van der Waals surface area (Å²) >= 11 is 8.64. The van der Waals surface area contributed by atoms with Crippen LogP contribution in [-0.4, -0.2) is 29.1 Å². The number of anilines is 2. The first kappa shape index (κ1) is 25.0. The smallest absolute Gasteiger partial charge is 0.297 e. The van der Waals surface area contributed by atoms with Crippen molar-refractivity contribution in [1.82, 2.24) is 10.2 Å². The summed E-state index contributed by atoms with van der Waals surface area (Å²) in [4.78, 5) is 45.3. The van der Waals surface area contributed by atoms with Gasteiger partial charge in [-0.15, -0.1) is 10.2 Å². The zero-order chi connectivity index (χ0) is 27.8. The number of hydrogen-bond acceptors (Lipinski definition) is 8. The molecule has 198 valence electrons. The van der Waals surface area contributed by atoms with Crippen molar-refractivity contribution < 1.29 is 14.0 Å². The second kappa shape index (κ2) is 9.02. The molecule has 2 aliphatic heterocycles. The van der Waals surface area contributed by atoms with E-state index in [0.717, 1.165) is 11.1 Å². The maximum atomic E-state index is 14.3. The number of aromatic nitrogens is 2. The Morgan fingerprint density at radius 3 is 2.60 bits per heavy atom. The Labute approximate surface area is 241 Å². The zero-order valence-electron chi connectivity index (χ0n) is 21.2. The standard InChI is InChI=1S/C29H19ClN4O4S2/c1-15-7-12-21-18(13-15)23(35)22-24(38-21)25(36)34(29(22)19-5-3-4-6-20(19)33(2)26(29)37)27-31-32-28(40-27)39-14-16-8-10-17(30)11-9-16/h3-13H,14H2,1-2H3. The van der Waals surface area contributed by atoms with Crippen LogP contribution in [-0.2, 0) is 16.1 Å². The average Bonchev–Trinajstić information content (AvgIpc) is 3.59. The molecule has 0 radical (unpaired) electrons. The lowest BCUT2D eigenvalue weighted by molar-refractivity contribution is -0.121. The van der Waals surface area contributed by atoms with Crippen molar-refractivity contribution in [3.05, 3.63) is 110 Å². The number of thioether (sulfide) groups is 1. The van der Waals surface area contributed by atoms with Crippen LogP contribution in [0.5, 0.6) is 0 Å². The molecule has 1 spiro atoms. The molecule has 0 fully saturated rings. The van der Waals surface area contributed by atoms with Crippen LogP contribution < -0.4 is 15.2 Å². The number of halogens is 1. The molecule has 40 heavy (non-hydrogen) atoms. The van der Waals surface area contributed by atoms with Crippen molar-refractivity contribution in [2.75, 3.05) is 16.8 Å². The molecule has 11 heteroatoms. The van der Waals surface area contributed by atoms with Gasteiger partial charge in [0.05, 0.1) is 10.9 Å². The highest BCUT2D eigenvalue weighted by atomic mass is 35.5. The number of aryl methyl sites for hydroxylation is 1. The van der Waals surface area contributed by atoms with Crippen LogP contribution in [0.1, 0.15) is 32.8 Å². The Bertz CT molecular complexity index is 1940.